The fourth-order valence-electron chi connectivity index (χ4n) is 2.77. The predicted molar refractivity (Wildman–Crippen MR) is 104 cm³/mol. The number of fused-ring (bicyclic) bond motifs is 1. The van der Waals surface area contributed by atoms with E-state index in [9.17, 15) is 28.4 Å². The van der Waals surface area contributed by atoms with Gasteiger partial charge in [-0.15, -0.1) is 11.6 Å². The molecule has 0 unspecified atom stereocenters. The summed E-state index contributed by atoms with van der Waals surface area (Å²) in [5.41, 5.74) is 0.580. The number of phenols is 1. The average Bonchev–Trinajstić information content (AvgIpc) is 2.97. The first kappa shape index (κ1) is 19.8. The number of carbonyl (C=O) groups is 1. The van der Waals surface area contributed by atoms with Crippen molar-refractivity contribution in [1.29, 1.82) is 0 Å². The van der Waals surface area contributed by atoms with Crippen molar-refractivity contribution in [3.8, 4) is 5.75 Å². The minimum absolute atomic E-state index is 0.0183. The first-order valence-corrected chi connectivity index (χ1v) is 9.87. The molecule has 146 valence electrons. The minimum atomic E-state index is -3.74. The zero-order valence-electron chi connectivity index (χ0n) is 14.4. The summed E-state index contributed by atoms with van der Waals surface area (Å²) in [5, 5.41) is 24.0. The lowest BCUT2D eigenvalue weighted by Crippen LogP contribution is -2.18. The van der Waals surface area contributed by atoms with Gasteiger partial charge in [-0.1, -0.05) is 0 Å². The van der Waals surface area contributed by atoms with Crippen LogP contribution in [0.25, 0.3) is 11.6 Å². The Hall–Kier alpha value is -2.95. The molecule has 2 aromatic carbocycles. The second kappa shape index (κ2) is 7.23. The lowest BCUT2D eigenvalue weighted by atomic mass is 10.0. The maximum absolute atomic E-state index is 12.4. The molecule has 1 aliphatic heterocycles. The van der Waals surface area contributed by atoms with E-state index >= 15 is 0 Å². The molecule has 11 heteroatoms. The summed E-state index contributed by atoms with van der Waals surface area (Å²) in [6.45, 7) is 0. The van der Waals surface area contributed by atoms with Crippen LogP contribution in [0.5, 0.6) is 5.75 Å². The molecular formula is C17H14ClN3O6S. The Balaban J connectivity index is 2.20. The van der Waals surface area contributed by atoms with Gasteiger partial charge in [-0.25, -0.2) is 13.1 Å². The van der Waals surface area contributed by atoms with Crippen LogP contribution in [-0.4, -0.2) is 31.4 Å². The number of alkyl halides is 1. The Kier molecular flexibility index (Phi) is 5.11. The van der Waals surface area contributed by atoms with Gasteiger partial charge in [0.05, 0.1) is 15.7 Å². The highest BCUT2D eigenvalue weighted by atomic mass is 35.5. The lowest BCUT2D eigenvalue weighted by Gasteiger charge is -2.07. The van der Waals surface area contributed by atoms with Crippen molar-refractivity contribution in [2.24, 2.45) is 0 Å². The Bertz CT molecular complexity index is 1140. The normalized spacial score (nSPS) is 14.8. The number of nitrogens with one attached hydrogen (secondary N) is 2. The zero-order chi connectivity index (χ0) is 20.6. The number of nitro benzene ring substituents is 1. The van der Waals surface area contributed by atoms with Gasteiger partial charge in [0.15, 0.2) is 0 Å². The van der Waals surface area contributed by atoms with Crippen molar-refractivity contribution in [3.63, 3.8) is 0 Å². The number of benzene rings is 2. The Morgan fingerprint density at radius 2 is 2.04 bits per heavy atom. The molecule has 1 amide bonds. The van der Waals surface area contributed by atoms with Gasteiger partial charge in [0.25, 0.3) is 11.6 Å². The number of nitrogens with zero attached hydrogens (tertiary/aromatic N) is 1. The second-order valence-electron chi connectivity index (χ2n) is 5.86. The molecule has 0 fully saturated rings. The number of rotatable bonds is 5. The summed E-state index contributed by atoms with van der Waals surface area (Å²) >= 11 is 5.74. The van der Waals surface area contributed by atoms with E-state index in [-0.39, 0.29) is 38.9 Å². The number of hydrogen-bond donors (Lipinski definition) is 3. The van der Waals surface area contributed by atoms with E-state index in [0.29, 0.717) is 11.3 Å². The molecule has 0 radical (unpaired) electrons. The summed E-state index contributed by atoms with van der Waals surface area (Å²) in [4.78, 5) is 22.8. The van der Waals surface area contributed by atoms with Gasteiger partial charge >= 0.3 is 0 Å². The zero-order valence-corrected chi connectivity index (χ0v) is 16.0. The number of halogens is 1. The van der Waals surface area contributed by atoms with Crippen molar-refractivity contribution in [2.75, 3.05) is 12.4 Å². The first-order chi connectivity index (χ1) is 13.2. The Morgan fingerprint density at radius 3 is 2.64 bits per heavy atom. The summed E-state index contributed by atoms with van der Waals surface area (Å²) in [5.74, 6) is -1.00. The van der Waals surface area contributed by atoms with Crippen molar-refractivity contribution >= 4 is 50.6 Å². The number of anilines is 1. The second-order valence-corrected chi connectivity index (χ2v) is 8.01. The molecule has 1 heterocycles. The number of non-ortho nitro benzene ring substituents is 1. The van der Waals surface area contributed by atoms with E-state index in [4.69, 9.17) is 11.6 Å². The summed E-state index contributed by atoms with van der Waals surface area (Å²) in [6.07, 6.45) is 1.26. The first-order valence-electron chi connectivity index (χ1n) is 7.85. The van der Waals surface area contributed by atoms with Crippen molar-refractivity contribution < 1.29 is 23.2 Å². The molecule has 0 saturated carbocycles. The van der Waals surface area contributed by atoms with Gasteiger partial charge in [0.2, 0.25) is 10.0 Å². The number of hydrogen-bond acceptors (Lipinski definition) is 6. The summed E-state index contributed by atoms with van der Waals surface area (Å²) < 4.78 is 26.3. The van der Waals surface area contributed by atoms with E-state index in [1.165, 1.54) is 31.3 Å². The smallest absolute Gasteiger partial charge is 0.270 e. The molecule has 3 N–H and O–H groups in total. The quantitative estimate of drug-likeness (QED) is 0.292. The van der Waals surface area contributed by atoms with Crippen LogP contribution in [0, 0.1) is 10.1 Å². The molecule has 28 heavy (non-hydrogen) atoms. The molecule has 0 aromatic heterocycles. The van der Waals surface area contributed by atoms with Gasteiger partial charge in [-0.3, -0.25) is 14.9 Å². The third kappa shape index (κ3) is 3.44. The molecule has 1 aliphatic rings. The van der Waals surface area contributed by atoms with Crippen LogP contribution in [0.15, 0.2) is 35.2 Å². The summed E-state index contributed by atoms with van der Waals surface area (Å²) in [7, 11) is -2.48. The molecule has 9 nitrogen and oxygen atoms in total. The monoisotopic (exact) mass is 423 g/mol. The standard InChI is InChI=1S/C17H14ClN3O6S/c1-19-28(26,27)12-2-3-15-13(7-12)14(17(23)20-15)6-9-4-11(21(24)25)5-10(8-18)16(9)22/h2-7,19,22H,8H2,1H3,(H,20,23). The molecule has 0 bridgehead atoms. The number of phenolic OH excluding ortho intramolecular Hbond substituents is 1. The molecule has 0 saturated heterocycles. The third-order valence-corrected chi connectivity index (χ3v) is 5.91. The van der Waals surface area contributed by atoms with Gasteiger partial charge in [0.1, 0.15) is 5.75 Å². The highest BCUT2D eigenvalue weighted by Gasteiger charge is 2.27. The van der Waals surface area contributed by atoms with Crippen molar-refractivity contribution in [1.82, 2.24) is 4.72 Å². The van der Waals surface area contributed by atoms with E-state index < -0.39 is 20.9 Å². The number of aromatic hydroxyl groups is 1. The van der Waals surface area contributed by atoms with Gasteiger partial charge in [-0.2, -0.15) is 0 Å². The highest BCUT2D eigenvalue weighted by molar-refractivity contribution is 7.89. The molecule has 0 atom stereocenters. The largest absolute Gasteiger partial charge is 0.507 e. The lowest BCUT2D eigenvalue weighted by molar-refractivity contribution is -0.384. The molecule has 0 aliphatic carbocycles. The van der Waals surface area contributed by atoms with E-state index in [0.717, 1.165) is 12.1 Å². The molecule has 2 aromatic rings. The average molecular weight is 424 g/mol. The third-order valence-electron chi connectivity index (χ3n) is 4.21. The fraction of sp³-hybridized carbons (Fsp3) is 0.118. The van der Waals surface area contributed by atoms with Crippen LogP contribution >= 0.6 is 11.6 Å². The van der Waals surface area contributed by atoms with Crippen LogP contribution in [0.2, 0.25) is 0 Å². The maximum Gasteiger partial charge on any atom is 0.270 e. The van der Waals surface area contributed by atoms with Crippen LogP contribution < -0.4 is 10.0 Å². The SMILES string of the molecule is CNS(=O)(=O)c1ccc2c(c1)C(=Cc1cc([N+](=O)[O-])cc(CCl)c1O)C(=O)N2. The van der Waals surface area contributed by atoms with Crippen LogP contribution in [0.1, 0.15) is 16.7 Å². The number of nitro groups is 1. The van der Waals surface area contributed by atoms with E-state index in [2.05, 4.69) is 10.0 Å². The fourth-order valence-corrected chi connectivity index (χ4v) is 3.73. The van der Waals surface area contributed by atoms with E-state index in [1.807, 2.05) is 0 Å². The number of carbonyl (C=O) groups excluding carboxylic acids is 1. The van der Waals surface area contributed by atoms with Gasteiger partial charge in [-0.05, 0) is 31.3 Å². The molecule has 0 spiro atoms. The van der Waals surface area contributed by atoms with Crippen LogP contribution in [-0.2, 0) is 20.7 Å². The Morgan fingerprint density at radius 1 is 1.32 bits per heavy atom. The predicted octanol–water partition coefficient (Wildman–Crippen LogP) is 2.44. The van der Waals surface area contributed by atoms with Crippen molar-refractivity contribution in [3.05, 3.63) is 57.1 Å². The maximum atomic E-state index is 12.4. The molecule has 3 rings (SSSR count). The number of amides is 1. The Labute approximate surface area is 164 Å². The molecular weight excluding hydrogens is 410 g/mol. The summed E-state index contributed by atoms with van der Waals surface area (Å²) in [6, 6.07) is 6.34. The highest BCUT2D eigenvalue weighted by Crippen LogP contribution is 2.38. The van der Waals surface area contributed by atoms with Crippen LogP contribution in [0.4, 0.5) is 11.4 Å². The van der Waals surface area contributed by atoms with Gasteiger partial charge < -0.3 is 10.4 Å². The van der Waals surface area contributed by atoms with Gasteiger partial charge in [0, 0.05) is 40.1 Å². The topological polar surface area (TPSA) is 139 Å². The van der Waals surface area contributed by atoms with Crippen molar-refractivity contribution in [2.45, 2.75) is 10.8 Å². The minimum Gasteiger partial charge on any atom is -0.507 e. The van der Waals surface area contributed by atoms with Crippen LogP contribution in [0.3, 0.4) is 0 Å². The number of sulfonamides is 1. The van der Waals surface area contributed by atoms with E-state index in [1.54, 1.807) is 0 Å².